The first-order valence-electron chi connectivity index (χ1n) is 24.2. The molecule has 2 aliphatic rings. The molecular formula is C53H73ClN4O12. The standard InChI is InChI=1S/C53H73ClN4O12/c1-30(2)37(27-36(59)13-11-16-45(62)63)48(64)56-32(4)41(60)23-19-33-17-21-35(22-18-33)47-46(70-47)31(3)42-14-12-15-44(61)57-39(26-34-20-24-43(68-10)38(54)25-34)49(65)55-29-53(8,9)51(67)58-40(50(66)69-42)28-52(5,6)7/h12,15,17-18,20-22,24-25,30-32,37,39-40,42,46-47H,11,13-14,16,19,23,26-29H2,1-10H3,(H,55,65)(H,56,64)(H,57,61)(H,58,67)(H,62,63)/b15-12+/t31-,32-,37-,39+,40-,42-,46+,47+/m0/s1. The first-order chi connectivity index (χ1) is 32.8. The smallest absolute Gasteiger partial charge is 0.328 e. The van der Waals surface area contributed by atoms with E-state index in [0.29, 0.717) is 22.8 Å². The molecule has 0 unspecified atom stereocenters. The van der Waals surface area contributed by atoms with Crippen LogP contribution in [0.1, 0.15) is 130 Å². The van der Waals surface area contributed by atoms with Gasteiger partial charge < -0.3 is 40.6 Å². The van der Waals surface area contributed by atoms with Crippen LogP contribution in [-0.2, 0) is 60.7 Å². The molecule has 384 valence electrons. The maximum absolute atomic E-state index is 14.1. The molecule has 4 amide bonds. The van der Waals surface area contributed by atoms with Gasteiger partial charge >= 0.3 is 11.9 Å². The van der Waals surface area contributed by atoms with Crippen molar-refractivity contribution in [1.29, 1.82) is 0 Å². The average Bonchev–Trinajstić information content (AvgIpc) is 4.08. The molecule has 8 atom stereocenters. The average molecular weight is 994 g/mol. The molecule has 70 heavy (non-hydrogen) atoms. The van der Waals surface area contributed by atoms with Crippen molar-refractivity contribution in [3.05, 3.63) is 76.3 Å². The fourth-order valence-electron chi connectivity index (χ4n) is 8.26. The highest BCUT2D eigenvalue weighted by Crippen LogP contribution is 2.45. The topological polar surface area (TPSA) is 236 Å². The van der Waals surface area contributed by atoms with E-state index >= 15 is 0 Å². The number of hydrogen-bond acceptors (Lipinski definition) is 11. The molecular weight excluding hydrogens is 920 g/mol. The van der Waals surface area contributed by atoms with E-state index in [4.69, 9.17) is 30.9 Å². The highest BCUT2D eigenvalue weighted by Gasteiger charge is 2.48. The van der Waals surface area contributed by atoms with Gasteiger partial charge in [-0.25, -0.2) is 4.79 Å². The summed E-state index contributed by atoms with van der Waals surface area (Å²) in [4.78, 5) is 105. The Labute approximate surface area is 417 Å². The quantitative estimate of drug-likeness (QED) is 0.0699. The lowest BCUT2D eigenvalue weighted by Gasteiger charge is -2.32. The third-order valence-corrected chi connectivity index (χ3v) is 13.1. The van der Waals surface area contributed by atoms with E-state index < -0.39 is 70.6 Å². The molecule has 4 rings (SSSR count). The molecule has 1 fully saturated rings. The van der Waals surface area contributed by atoms with Crippen LogP contribution >= 0.6 is 11.6 Å². The van der Waals surface area contributed by atoms with E-state index in [-0.39, 0.29) is 99.4 Å². The molecule has 2 heterocycles. The van der Waals surface area contributed by atoms with Gasteiger partial charge in [0, 0.05) is 56.9 Å². The zero-order valence-electron chi connectivity index (χ0n) is 42.3. The minimum atomic E-state index is -1.17. The Morgan fingerprint density at radius 1 is 0.929 bits per heavy atom. The normalized spacial score (nSPS) is 22.8. The highest BCUT2D eigenvalue weighted by molar-refractivity contribution is 6.32. The van der Waals surface area contributed by atoms with Gasteiger partial charge in [0.2, 0.25) is 23.6 Å². The highest BCUT2D eigenvalue weighted by atomic mass is 35.5. The molecule has 16 nitrogen and oxygen atoms in total. The fourth-order valence-corrected chi connectivity index (χ4v) is 8.54. The molecule has 2 aromatic rings. The van der Waals surface area contributed by atoms with Crippen LogP contribution in [0, 0.1) is 28.6 Å². The number of methoxy groups -OCH3 is 1. The number of hydrogen-bond donors (Lipinski definition) is 5. The lowest BCUT2D eigenvalue weighted by Crippen LogP contribution is -2.54. The number of rotatable bonds is 20. The number of carbonyl (C=O) groups is 8. The predicted molar refractivity (Wildman–Crippen MR) is 264 cm³/mol. The minimum absolute atomic E-state index is 0.0226. The maximum atomic E-state index is 14.1. The molecule has 2 aliphatic heterocycles. The summed E-state index contributed by atoms with van der Waals surface area (Å²) in [6, 6.07) is 9.91. The summed E-state index contributed by atoms with van der Waals surface area (Å²) >= 11 is 6.38. The number of halogens is 1. The zero-order valence-corrected chi connectivity index (χ0v) is 43.0. The molecule has 1 saturated heterocycles. The molecule has 0 bridgehead atoms. The number of ketones is 2. The Morgan fingerprint density at radius 2 is 1.60 bits per heavy atom. The van der Waals surface area contributed by atoms with Gasteiger partial charge in [0.25, 0.3) is 0 Å². The van der Waals surface area contributed by atoms with Crippen molar-refractivity contribution in [2.75, 3.05) is 13.7 Å². The number of carboxylic acids is 1. The first kappa shape index (κ1) is 57.0. The maximum Gasteiger partial charge on any atom is 0.328 e. The van der Waals surface area contributed by atoms with Crippen LogP contribution in [0.2, 0.25) is 5.02 Å². The molecule has 5 N–H and O–H groups in total. The number of cyclic esters (lactones) is 1. The second-order valence-corrected chi connectivity index (χ2v) is 21.3. The van der Waals surface area contributed by atoms with Crippen molar-refractivity contribution >= 4 is 58.7 Å². The van der Waals surface area contributed by atoms with Crippen LogP contribution in [0.4, 0.5) is 0 Å². The van der Waals surface area contributed by atoms with Crippen molar-refractivity contribution in [3.63, 3.8) is 0 Å². The van der Waals surface area contributed by atoms with Gasteiger partial charge in [-0.1, -0.05) is 89.6 Å². The van der Waals surface area contributed by atoms with Gasteiger partial charge in [-0.05, 0) is 86.3 Å². The van der Waals surface area contributed by atoms with Crippen molar-refractivity contribution < 1.29 is 57.7 Å². The van der Waals surface area contributed by atoms with Gasteiger partial charge in [-0.2, -0.15) is 0 Å². The zero-order chi connectivity index (χ0) is 52.1. The number of ether oxygens (including phenoxy) is 3. The van der Waals surface area contributed by atoms with E-state index in [1.54, 1.807) is 45.0 Å². The van der Waals surface area contributed by atoms with Crippen molar-refractivity contribution in [2.24, 2.45) is 28.6 Å². The van der Waals surface area contributed by atoms with Crippen molar-refractivity contribution in [2.45, 2.75) is 157 Å². The van der Waals surface area contributed by atoms with Crippen LogP contribution in [0.15, 0.2) is 54.6 Å². The van der Waals surface area contributed by atoms with Crippen LogP contribution in [0.3, 0.4) is 0 Å². The molecule has 2 aromatic carbocycles. The number of aryl methyl sites for hydroxylation is 1. The summed E-state index contributed by atoms with van der Waals surface area (Å²) < 4.78 is 17.7. The van der Waals surface area contributed by atoms with Crippen LogP contribution in [0.25, 0.3) is 0 Å². The number of carboxylic acid groups (broad SMARTS) is 1. The van der Waals surface area contributed by atoms with Crippen LogP contribution in [-0.4, -0.2) is 96.2 Å². The van der Waals surface area contributed by atoms with Crippen molar-refractivity contribution in [3.8, 4) is 5.75 Å². The van der Waals surface area contributed by atoms with Gasteiger partial charge in [-0.15, -0.1) is 0 Å². The summed E-state index contributed by atoms with van der Waals surface area (Å²) in [5, 5.41) is 20.5. The van der Waals surface area contributed by atoms with Crippen molar-refractivity contribution in [1.82, 2.24) is 21.3 Å². The molecule has 0 aliphatic carbocycles. The third kappa shape index (κ3) is 17.7. The predicted octanol–water partition coefficient (Wildman–Crippen LogP) is 6.58. The molecule has 0 saturated carbocycles. The van der Waals surface area contributed by atoms with E-state index in [1.807, 2.05) is 65.8 Å². The lowest BCUT2D eigenvalue weighted by molar-refractivity contribution is -0.157. The molecule has 0 aromatic heterocycles. The number of Topliss-reactive ketones (excluding diaryl/α,β-unsaturated/α-hetero) is 2. The Bertz CT molecular complexity index is 2240. The number of aliphatic carboxylic acids is 1. The van der Waals surface area contributed by atoms with E-state index in [0.717, 1.165) is 11.1 Å². The Hall–Kier alpha value is -5.61. The van der Waals surface area contributed by atoms with Gasteiger partial charge in [-0.3, -0.25) is 33.6 Å². The largest absolute Gasteiger partial charge is 0.495 e. The number of nitrogens with one attached hydrogen (secondary N) is 4. The monoisotopic (exact) mass is 992 g/mol. The first-order valence-corrected chi connectivity index (χ1v) is 24.6. The van der Waals surface area contributed by atoms with E-state index in [9.17, 15) is 38.4 Å². The van der Waals surface area contributed by atoms with Gasteiger partial charge in [0.15, 0.2) is 5.78 Å². The number of carbonyl (C=O) groups excluding carboxylic acids is 7. The molecule has 0 spiro atoms. The Morgan fingerprint density at radius 3 is 2.21 bits per heavy atom. The number of amides is 4. The van der Waals surface area contributed by atoms with Crippen LogP contribution in [0.5, 0.6) is 5.75 Å². The number of esters is 1. The summed E-state index contributed by atoms with van der Waals surface area (Å²) in [6.07, 6.45) is 2.63. The summed E-state index contributed by atoms with van der Waals surface area (Å²) in [6.45, 7) is 16.3. The summed E-state index contributed by atoms with van der Waals surface area (Å²) in [5.74, 6) is -4.61. The fraction of sp³-hybridized carbons (Fsp3) is 0.585. The second-order valence-electron chi connectivity index (χ2n) is 20.9. The molecule has 17 heteroatoms. The van der Waals surface area contributed by atoms with E-state index in [2.05, 4.69) is 21.3 Å². The minimum Gasteiger partial charge on any atom is -0.495 e. The van der Waals surface area contributed by atoms with Gasteiger partial charge in [0.05, 0.1) is 29.7 Å². The number of benzene rings is 2. The molecule has 0 radical (unpaired) electrons. The summed E-state index contributed by atoms with van der Waals surface area (Å²) in [7, 11) is 1.49. The SMILES string of the molecule is COc1ccc(C[C@H]2NC(=O)/C=C/C[C@@H]([C@H](C)[C@H]3O[C@@H]3c3ccc(CCC(=O)[C@H](C)NC(=O)[C@@H](CC(=O)CCCC(=O)O)C(C)C)cc3)OC(=O)[C@H](CC(C)(C)C)NC(=O)C(C)(C)CNC2=O)cc1Cl. The summed E-state index contributed by atoms with van der Waals surface area (Å²) in [5.41, 5.74) is 0.880. The number of epoxide rings is 1. The lowest BCUT2D eigenvalue weighted by atomic mass is 9.86. The van der Waals surface area contributed by atoms with Gasteiger partial charge in [0.1, 0.15) is 35.8 Å². The van der Waals surface area contributed by atoms with E-state index in [1.165, 1.54) is 13.2 Å². The Balaban J connectivity index is 1.45. The third-order valence-electron chi connectivity index (χ3n) is 12.8. The Kier molecular flexibility index (Phi) is 20.7. The van der Waals surface area contributed by atoms with Crippen LogP contribution < -0.4 is 26.0 Å². The second kappa shape index (κ2) is 25.5.